The van der Waals surface area contributed by atoms with Gasteiger partial charge >= 0.3 is 0 Å². The third-order valence-electron chi connectivity index (χ3n) is 3.07. The molecule has 1 fully saturated rings. The van der Waals surface area contributed by atoms with Gasteiger partial charge in [0.1, 0.15) is 5.82 Å². The lowest BCUT2D eigenvalue weighted by atomic mass is 10.1. The maximum atomic E-state index is 13.1. The van der Waals surface area contributed by atoms with Crippen LogP contribution in [-0.2, 0) is 0 Å². The third kappa shape index (κ3) is 3.65. The summed E-state index contributed by atoms with van der Waals surface area (Å²) in [5, 5.41) is 3.33. The summed E-state index contributed by atoms with van der Waals surface area (Å²) >= 11 is 0. The lowest BCUT2D eigenvalue weighted by Crippen LogP contribution is -2.43. The van der Waals surface area contributed by atoms with Crippen LogP contribution in [-0.4, -0.2) is 37.6 Å². The van der Waals surface area contributed by atoms with Gasteiger partial charge in [-0.15, -0.1) is 0 Å². The molecular formula is C14H19FN2. The molecule has 0 amide bonds. The van der Waals surface area contributed by atoms with E-state index in [1.165, 1.54) is 6.07 Å². The lowest BCUT2D eigenvalue weighted by molar-refractivity contribution is 0.265. The zero-order valence-electron chi connectivity index (χ0n) is 10.2. The van der Waals surface area contributed by atoms with Crippen molar-refractivity contribution in [3.63, 3.8) is 0 Å². The number of hydrogen-bond acceptors (Lipinski definition) is 2. The molecule has 0 bridgehead atoms. The summed E-state index contributed by atoms with van der Waals surface area (Å²) in [5.41, 5.74) is 1.77. The largest absolute Gasteiger partial charge is 0.314 e. The molecule has 3 heteroatoms. The maximum Gasteiger partial charge on any atom is 0.126 e. The fraction of sp³-hybridized carbons (Fsp3) is 0.429. The van der Waals surface area contributed by atoms with Gasteiger partial charge in [0.05, 0.1) is 0 Å². The van der Waals surface area contributed by atoms with Gasteiger partial charge < -0.3 is 5.32 Å². The van der Waals surface area contributed by atoms with E-state index < -0.39 is 0 Å². The van der Waals surface area contributed by atoms with Crippen LogP contribution in [0.1, 0.15) is 11.1 Å². The number of nitrogens with one attached hydrogen (secondary N) is 1. The highest BCUT2D eigenvalue weighted by atomic mass is 19.1. The quantitative estimate of drug-likeness (QED) is 0.861. The average Bonchev–Trinajstić information content (AvgIpc) is 2.35. The van der Waals surface area contributed by atoms with Crippen LogP contribution in [0.5, 0.6) is 0 Å². The van der Waals surface area contributed by atoms with Gasteiger partial charge in [-0.05, 0) is 30.2 Å². The fourth-order valence-electron chi connectivity index (χ4n) is 2.00. The molecule has 0 radical (unpaired) electrons. The van der Waals surface area contributed by atoms with E-state index in [9.17, 15) is 4.39 Å². The summed E-state index contributed by atoms with van der Waals surface area (Å²) in [7, 11) is 0. The standard InChI is InChI=1S/C14H19FN2/c1-12-11-13(4-5-14(12)15)3-2-8-17-9-6-16-7-10-17/h2-5,11,16H,6-10H2,1H3/b3-2+. The molecule has 1 saturated heterocycles. The van der Waals surface area contributed by atoms with Crippen LogP contribution in [0.25, 0.3) is 6.08 Å². The predicted octanol–water partition coefficient (Wildman–Crippen LogP) is 2.05. The Bertz CT molecular complexity index is 395. The number of halogens is 1. The molecule has 17 heavy (non-hydrogen) atoms. The average molecular weight is 234 g/mol. The first-order valence-electron chi connectivity index (χ1n) is 6.11. The van der Waals surface area contributed by atoms with Gasteiger partial charge in [-0.1, -0.05) is 18.2 Å². The molecule has 1 heterocycles. The van der Waals surface area contributed by atoms with Crippen LogP contribution in [0, 0.1) is 12.7 Å². The Morgan fingerprint density at radius 2 is 2.12 bits per heavy atom. The van der Waals surface area contributed by atoms with Gasteiger partial charge in [0, 0.05) is 32.7 Å². The second-order valence-electron chi connectivity index (χ2n) is 4.46. The van der Waals surface area contributed by atoms with E-state index in [4.69, 9.17) is 0 Å². The molecular weight excluding hydrogens is 215 g/mol. The molecule has 0 aromatic heterocycles. The van der Waals surface area contributed by atoms with Crippen LogP contribution >= 0.6 is 0 Å². The zero-order chi connectivity index (χ0) is 12.1. The maximum absolute atomic E-state index is 13.1. The van der Waals surface area contributed by atoms with Crippen LogP contribution in [0.15, 0.2) is 24.3 Å². The first-order chi connectivity index (χ1) is 8.25. The summed E-state index contributed by atoms with van der Waals surface area (Å²) in [6, 6.07) is 5.22. The van der Waals surface area contributed by atoms with Crippen LogP contribution < -0.4 is 5.32 Å². The molecule has 0 unspecified atom stereocenters. The van der Waals surface area contributed by atoms with Gasteiger partial charge in [0.2, 0.25) is 0 Å². The van der Waals surface area contributed by atoms with Gasteiger partial charge in [-0.2, -0.15) is 0 Å². The minimum Gasteiger partial charge on any atom is -0.314 e. The van der Waals surface area contributed by atoms with Gasteiger partial charge in [-0.3, -0.25) is 4.90 Å². The van der Waals surface area contributed by atoms with Crippen molar-refractivity contribution >= 4 is 6.08 Å². The van der Waals surface area contributed by atoms with Crippen molar-refractivity contribution in [2.45, 2.75) is 6.92 Å². The summed E-state index contributed by atoms with van der Waals surface area (Å²) in [6.45, 7) is 7.12. The molecule has 92 valence electrons. The van der Waals surface area contributed by atoms with Crippen molar-refractivity contribution in [1.82, 2.24) is 10.2 Å². The topological polar surface area (TPSA) is 15.3 Å². The van der Waals surface area contributed by atoms with E-state index in [0.717, 1.165) is 38.3 Å². The normalized spacial score (nSPS) is 17.8. The molecule has 1 aromatic carbocycles. The van der Waals surface area contributed by atoms with E-state index in [-0.39, 0.29) is 5.82 Å². The van der Waals surface area contributed by atoms with Crippen molar-refractivity contribution in [3.8, 4) is 0 Å². The van der Waals surface area contributed by atoms with Gasteiger partial charge in [0.25, 0.3) is 0 Å². The smallest absolute Gasteiger partial charge is 0.126 e. The van der Waals surface area contributed by atoms with Crippen LogP contribution in [0.3, 0.4) is 0 Å². The highest BCUT2D eigenvalue weighted by Gasteiger charge is 2.06. The number of rotatable bonds is 3. The Morgan fingerprint density at radius 1 is 1.35 bits per heavy atom. The Hall–Kier alpha value is -1.19. The van der Waals surface area contributed by atoms with E-state index >= 15 is 0 Å². The highest BCUT2D eigenvalue weighted by Crippen LogP contribution is 2.10. The first kappa shape index (κ1) is 12.3. The van der Waals surface area contributed by atoms with Crippen LogP contribution in [0.2, 0.25) is 0 Å². The van der Waals surface area contributed by atoms with E-state index in [1.807, 2.05) is 12.1 Å². The molecule has 1 N–H and O–H groups in total. The number of aryl methyl sites for hydroxylation is 1. The number of hydrogen-bond donors (Lipinski definition) is 1. The fourth-order valence-corrected chi connectivity index (χ4v) is 2.00. The Kier molecular flexibility index (Phi) is 4.29. The summed E-state index contributed by atoms with van der Waals surface area (Å²) in [6.07, 6.45) is 4.21. The Balaban J connectivity index is 1.88. The van der Waals surface area contributed by atoms with Crippen LogP contribution in [0.4, 0.5) is 4.39 Å². The van der Waals surface area contributed by atoms with Crippen molar-refractivity contribution in [3.05, 3.63) is 41.2 Å². The van der Waals surface area contributed by atoms with E-state index in [2.05, 4.69) is 22.4 Å². The molecule has 0 atom stereocenters. The van der Waals surface area contributed by atoms with E-state index in [1.54, 1.807) is 6.92 Å². The highest BCUT2D eigenvalue weighted by molar-refractivity contribution is 5.50. The second-order valence-corrected chi connectivity index (χ2v) is 4.46. The minimum absolute atomic E-state index is 0.135. The number of piperazine rings is 1. The second kappa shape index (κ2) is 5.94. The summed E-state index contributed by atoms with van der Waals surface area (Å²) < 4.78 is 13.1. The lowest BCUT2D eigenvalue weighted by Gasteiger charge is -2.25. The molecule has 0 aliphatic carbocycles. The number of nitrogens with zero attached hydrogens (tertiary/aromatic N) is 1. The third-order valence-corrected chi connectivity index (χ3v) is 3.07. The van der Waals surface area contributed by atoms with Gasteiger partial charge in [-0.25, -0.2) is 4.39 Å². The monoisotopic (exact) mass is 234 g/mol. The Labute approximate surface area is 102 Å². The van der Waals surface area contributed by atoms with Crippen molar-refractivity contribution in [2.75, 3.05) is 32.7 Å². The van der Waals surface area contributed by atoms with Crippen molar-refractivity contribution < 1.29 is 4.39 Å². The van der Waals surface area contributed by atoms with Crippen molar-refractivity contribution in [2.24, 2.45) is 0 Å². The molecule has 0 saturated carbocycles. The SMILES string of the molecule is Cc1cc(/C=C/CN2CCNCC2)ccc1F. The number of benzene rings is 1. The molecule has 1 aliphatic rings. The van der Waals surface area contributed by atoms with Gasteiger partial charge in [0.15, 0.2) is 0 Å². The molecule has 1 aromatic rings. The zero-order valence-corrected chi connectivity index (χ0v) is 10.2. The predicted molar refractivity (Wildman–Crippen MR) is 69.5 cm³/mol. The van der Waals surface area contributed by atoms with E-state index in [0.29, 0.717) is 5.56 Å². The minimum atomic E-state index is -0.135. The molecule has 2 nitrogen and oxygen atoms in total. The first-order valence-corrected chi connectivity index (χ1v) is 6.11. The molecule has 2 rings (SSSR count). The Morgan fingerprint density at radius 3 is 2.82 bits per heavy atom. The molecule has 0 spiro atoms. The summed E-state index contributed by atoms with van der Waals surface area (Å²) in [4.78, 5) is 2.41. The summed E-state index contributed by atoms with van der Waals surface area (Å²) in [5.74, 6) is -0.135. The van der Waals surface area contributed by atoms with Crippen molar-refractivity contribution in [1.29, 1.82) is 0 Å². The molecule has 1 aliphatic heterocycles.